The smallest absolute Gasteiger partial charge is 0.217 e. The molecule has 0 atom stereocenters. The zero-order valence-corrected chi connectivity index (χ0v) is 16.8. The zero-order valence-electron chi connectivity index (χ0n) is 16.8. The number of amides is 1. The van der Waals surface area contributed by atoms with Gasteiger partial charge in [-0.15, -0.1) is 0 Å². The lowest BCUT2D eigenvalue weighted by atomic mass is 10.0. The van der Waals surface area contributed by atoms with Crippen molar-refractivity contribution in [3.05, 3.63) is 72.4 Å². The molecule has 1 aromatic rings. The van der Waals surface area contributed by atoms with Crippen LogP contribution in [-0.4, -0.2) is 18.3 Å². The minimum Gasteiger partial charge on any atom is -0.377 e. The van der Waals surface area contributed by atoms with Gasteiger partial charge in [0.1, 0.15) is 0 Å². The maximum atomic E-state index is 12.4. The summed E-state index contributed by atoms with van der Waals surface area (Å²) < 4.78 is 5.75. The predicted molar refractivity (Wildman–Crippen MR) is 115 cm³/mol. The monoisotopic (exact) mass is 383 g/mol. The molecule has 0 fully saturated rings. The molecule has 28 heavy (non-hydrogen) atoms. The lowest BCUT2D eigenvalue weighted by Crippen LogP contribution is -2.09. The third-order valence-corrected chi connectivity index (χ3v) is 4.45. The Morgan fingerprint density at radius 3 is 2.32 bits per heavy atom. The van der Waals surface area contributed by atoms with Gasteiger partial charge < -0.3 is 10.5 Å². The van der Waals surface area contributed by atoms with Crippen molar-refractivity contribution >= 4 is 11.7 Å². The van der Waals surface area contributed by atoms with Crippen molar-refractivity contribution in [3.63, 3.8) is 0 Å². The quantitative estimate of drug-likeness (QED) is 0.182. The number of primary amides is 1. The summed E-state index contributed by atoms with van der Waals surface area (Å²) in [5.41, 5.74) is 7.27. The van der Waals surface area contributed by atoms with E-state index in [1.165, 1.54) is 12.8 Å². The molecule has 1 amide bonds. The van der Waals surface area contributed by atoms with Gasteiger partial charge in [-0.1, -0.05) is 81.7 Å². The molecule has 0 radical (unpaired) electrons. The van der Waals surface area contributed by atoms with Crippen molar-refractivity contribution in [3.8, 4) is 0 Å². The van der Waals surface area contributed by atoms with E-state index >= 15 is 0 Å². The van der Waals surface area contributed by atoms with Gasteiger partial charge in [0, 0.05) is 24.2 Å². The van der Waals surface area contributed by atoms with Gasteiger partial charge in [-0.2, -0.15) is 0 Å². The molecular formula is C24H33NO3. The first kappa shape index (κ1) is 23.6. The summed E-state index contributed by atoms with van der Waals surface area (Å²) in [7, 11) is 0. The first-order valence-corrected chi connectivity index (χ1v) is 10.0. The van der Waals surface area contributed by atoms with E-state index in [1.54, 1.807) is 24.3 Å². The molecule has 4 heteroatoms. The van der Waals surface area contributed by atoms with E-state index < -0.39 is 0 Å². The van der Waals surface area contributed by atoms with Crippen molar-refractivity contribution in [2.24, 2.45) is 5.73 Å². The van der Waals surface area contributed by atoms with Gasteiger partial charge in [0.05, 0.1) is 6.61 Å². The van der Waals surface area contributed by atoms with E-state index in [-0.39, 0.29) is 11.7 Å². The summed E-state index contributed by atoms with van der Waals surface area (Å²) in [4.78, 5) is 23.1. The third-order valence-electron chi connectivity index (χ3n) is 4.45. The molecule has 0 aliphatic carbocycles. The maximum absolute atomic E-state index is 12.4. The van der Waals surface area contributed by atoms with Gasteiger partial charge in [0.2, 0.25) is 5.91 Å². The highest BCUT2D eigenvalue weighted by atomic mass is 16.5. The molecule has 2 N–H and O–H groups in total. The number of allylic oxidation sites excluding steroid dienone is 4. The number of unbranched alkanes of at least 4 members (excludes halogenated alkanes) is 6. The summed E-state index contributed by atoms with van der Waals surface area (Å²) in [5.74, 6) is -0.269. The number of ether oxygens (including phenoxy) is 1. The molecule has 4 nitrogen and oxygen atoms in total. The lowest BCUT2D eigenvalue weighted by molar-refractivity contribution is -0.118. The highest BCUT2D eigenvalue weighted by Gasteiger charge is 2.09. The molecule has 0 aromatic heterocycles. The van der Waals surface area contributed by atoms with Gasteiger partial charge in [-0.25, -0.2) is 0 Å². The SMILES string of the molecule is C=C/C=C(\C=C)C(=O)c1cccc(COCCCCCCCCCC(N)=O)c1. The van der Waals surface area contributed by atoms with Crippen molar-refractivity contribution < 1.29 is 14.3 Å². The minimum absolute atomic E-state index is 0.0624. The summed E-state index contributed by atoms with van der Waals surface area (Å²) in [6.45, 7) is 8.53. The molecule has 1 aromatic carbocycles. The largest absolute Gasteiger partial charge is 0.377 e. The first-order chi connectivity index (χ1) is 13.6. The first-order valence-electron chi connectivity index (χ1n) is 10.0. The van der Waals surface area contributed by atoms with Crippen LogP contribution < -0.4 is 5.73 Å². The van der Waals surface area contributed by atoms with Crippen molar-refractivity contribution in [1.29, 1.82) is 0 Å². The fraction of sp³-hybridized carbons (Fsp3) is 0.417. The van der Waals surface area contributed by atoms with Crippen LogP contribution in [0.2, 0.25) is 0 Å². The predicted octanol–water partition coefficient (Wildman–Crippen LogP) is 5.29. The molecule has 0 heterocycles. The Balaban J connectivity index is 2.22. The number of carbonyl (C=O) groups is 2. The highest BCUT2D eigenvalue weighted by Crippen LogP contribution is 2.13. The normalized spacial score (nSPS) is 11.2. The second-order valence-electron chi connectivity index (χ2n) is 6.84. The summed E-state index contributed by atoms with van der Waals surface area (Å²) in [6, 6.07) is 7.51. The van der Waals surface area contributed by atoms with Crippen LogP contribution in [0.1, 0.15) is 67.3 Å². The number of hydrogen-bond donors (Lipinski definition) is 1. The molecule has 0 spiro atoms. The Bertz CT molecular complexity index is 676. The van der Waals surface area contributed by atoms with Crippen LogP contribution in [0.25, 0.3) is 0 Å². The van der Waals surface area contributed by atoms with Gasteiger partial charge >= 0.3 is 0 Å². The van der Waals surface area contributed by atoms with Gasteiger partial charge in [-0.3, -0.25) is 9.59 Å². The van der Waals surface area contributed by atoms with Crippen LogP contribution in [0.4, 0.5) is 0 Å². The molecule has 0 bridgehead atoms. The Hall–Kier alpha value is -2.46. The zero-order chi connectivity index (χ0) is 20.6. The van der Waals surface area contributed by atoms with Gasteiger partial charge in [-0.05, 0) is 24.5 Å². The Morgan fingerprint density at radius 2 is 1.68 bits per heavy atom. The fourth-order valence-corrected chi connectivity index (χ4v) is 2.91. The van der Waals surface area contributed by atoms with Crippen molar-refractivity contribution in [1.82, 2.24) is 0 Å². The fourth-order valence-electron chi connectivity index (χ4n) is 2.91. The van der Waals surface area contributed by atoms with Crippen LogP contribution in [0.15, 0.2) is 61.2 Å². The summed E-state index contributed by atoms with van der Waals surface area (Å²) in [5, 5.41) is 0. The van der Waals surface area contributed by atoms with E-state index in [0.717, 1.165) is 37.7 Å². The van der Waals surface area contributed by atoms with Gasteiger partial charge in [0.15, 0.2) is 5.78 Å². The number of rotatable bonds is 16. The summed E-state index contributed by atoms with van der Waals surface area (Å²) >= 11 is 0. The van der Waals surface area contributed by atoms with Crippen LogP contribution in [-0.2, 0) is 16.1 Å². The van der Waals surface area contributed by atoms with Gasteiger partial charge in [0.25, 0.3) is 0 Å². The Kier molecular flexibility index (Phi) is 12.3. The topological polar surface area (TPSA) is 69.4 Å². The van der Waals surface area contributed by atoms with Crippen LogP contribution >= 0.6 is 0 Å². The van der Waals surface area contributed by atoms with Crippen LogP contribution in [0.3, 0.4) is 0 Å². The average molecular weight is 384 g/mol. The van der Waals surface area contributed by atoms with Crippen LogP contribution in [0, 0.1) is 0 Å². The Labute approximate surface area is 169 Å². The molecule has 0 unspecified atom stereocenters. The number of benzene rings is 1. The van der Waals surface area contributed by atoms with Crippen molar-refractivity contribution in [2.75, 3.05) is 6.61 Å². The minimum atomic E-state index is -0.207. The number of Topliss-reactive ketones (excluding diaryl/α,β-unsaturated/α-hetero) is 1. The molecule has 0 aliphatic rings. The number of hydrogen-bond acceptors (Lipinski definition) is 3. The van der Waals surface area contributed by atoms with E-state index in [9.17, 15) is 9.59 Å². The van der Waals surface area contributed by atoms with E-state index in [4.69, 9.17) is 10.5 Å². The second kappa shape index (κ2) is 14.6. The highest BCUT2D eigenvalue weighted by molar-refractivity contribution is 6.10. The molecule has 152 valence electrons. The molecular weight excluding hydrogens is 350 g/mol. The second-order valence-corrected chi connectivity index (χ2v) is 6.84. The Morgan fingerprint density at radius 1 is 1.00 bits per heavy atom. The van der Waals surface area contributed by atoms with Crippen LogP contribution in [0.5, 0.6) is 0 Å². The lowest BCUT2D eigenvalue weighted by Gasteiger charge is -2.07. The molecule has 0 saturated heterocycles. The number of nitrogens with two attached hydrogens (primary N) is 1. The molecule has 0 aliphatic heterocycles. The maximum Gasteiger partial charge on any atom is 0.217 e. The summed E-state index contributed by atoms with van der Waals surface area (Å²) in [6.07, 6.45) is 13.0. The third kappa shape index (κ3) is 10.0. The number of carbonyl (C=O) groups excluding carboxylic acids is 2. The van der Waals surface area contributed by atoms with Crippen molar-refractivity contribution in [2.45, 2.75) is 58.0 Å². The van der Waals surface area contributed by atoms with E-state index in [0.29, 0.717) is 30.8 Å². The molecule has 0 saturated carbocycles. The average Bonchev–Trinajstić information content (AvgIpc) is 2.69. The van der Waals surface area contributed by atoms with E-state index in [1.807, 2.05) is 18.2 Å². The standard InChI is InChI=1S/C24H33NO3/c1-3-13-21(4-2)24(27)22-15-12-14-20(18-22)19-28-17-11-9-7-5-6-8-10-16-23(25)26/h3-4,12-15,18H,1-2,5-11,16-17,19H2,(H2,25,26)/b21-13+. The molecule has 1 rings (SSSR count). The number of ketones is 1. The van der Waals surface area contributed by atoms with E-state index in [2.05, 4.69) is 13.2 Å².